The van der Waals surface area contributed by atoms with Gasteiger partial charge in [-0.1, -0.05) is 57.0 Å². The molecule has 0 aliphatic carbocycles. The standard InChI is InChI=1S/C27H31NO6/c1-3-5-9-16-33-26(31)20-12-14-22(15-13-20)28-18-21(17-24(28)29)27(32)34-23(4-2)25(30)19-10-7-6-8-11-19/h6-8,10-15,21,23H,3-5,9,16-18H2,1-2H3/t21-,23-/m0/s1. The molecule has 0 aromatic heterocycles. The summed E-state index contributed by atoms with van der Waals surface area (Å²) in [6, 6.07) is 15.3. The van der Waals surface area contributed by atoms with E-state index in [1.165, 1.54) is 4.90 Å². The van der Waals surface area contributed by atoms with Crippen molar-refractivity contribution < 1.29 is 28.7 Å². The van der Waals surface area contributed by atoms with E-state index >= 15 is 0 Å². The molecule has 2 aromatic rings. The fourth-order valence-electron chi connectivity index (χ4n) is 3.84. The van der Waals surface area contributed by atoms with E-state index in [0.29, 0.717) is 29.8 Å². The van der Waals surface area contributed by atoms with Gasteiger partial charge in [0.2, 0.25) is 11.7 Å². The molecule has 0 N–H and O–H groups in total. The van der Waals surface area contributed by atoms with Gasteiger partial charge in [0.05, 0.1) is 18.1 Å². The molecule has 34 heavy (non-hydrogen) atoms. The smallest absolute Gasteiger partial charge is 0.338 e. The van der Waals surface area contributed by atoms with Crippen molar-refractivity contribution in [2.24, 2.45) is 5.92 Å². The average molecular weight is 466 g/mol. The number of unbranched alkanes of at least 4 members (excludes halogenated alkanes) is 2. The Morgan fingerprint density at radius 3 is 2.32 bits per heavy atom. The minimum absolute atomic E-state index is 0.00994. The highest BCUT2D eigenvalue weighted by molar-refractivity contribution is 6.02. The molecule has 0 spiro atoms. The zero-order valence-electron chi connectivity index (χ0n) is 19.7. The number of Topliss-reactive ketones (excluding diaryl/α,β-unsaturated/α-hetero) is 1. The van der Waals surface area contributed by atoms with E-state index in [1.807, 2.05) is 6.07 Å². The van der Waals surface area contributed by atoms with Crippen molar-refractivity contribution in [3.8, 4) is 0 Å². The van der Waals surface area contributed by atoms with Crippen LogP contribution in [0.3, 0.4) is 0 Å². The van der Waals surface area contributed by atoms with Crippen LogP contribution in [0, 0.1) is 5.92 Å². The Morgan fingerprint density at radius 2 is 1.68 bits per heavy atom. The number of ether oxygens (including phenoxy) is 2. The molecule has 7 heteroatoms. The zero-order chi connectivity index (χ0) is 24.5. The van der Waals surface area contributed by atoms with Crippen LogP contribution in [0.2, 0.25) is 0 Å². The van der Waals surface area contributed by atoms with Gasteiger partial charge in [-0.25, -0.2) is 4.79 Å². The zero-order valence-corrected chi connectivity index (χ0v) is 19.7. The maximum Gasteiger partial charge on any atom is 0.338 e. The first-order valence-electron chi connectivity index (χ1n) is 11.8. The molecular weight excluding hydrogens is 434 g/mol. The number of rotatable bonds is 11. The van der Waals surface area contributed by atoms with Gasteiger partial charge in [0, 0.05) is 24.2 Å². The Kier molecular flexibility index (Phi) is 8.96. The monoisotopic (exact) mass is 465 g/mol. The van der Waals surface area contributed by atoms with Crippen LogP contribution in [-0.2, 0) is 19.1 Å². The summed E-state index contributed by atoms with van der Waals surface area (Å²) in [6.07, 6.45) is 2.35. The molecule has 2 aromatic carbocycles. The van der Waals surface area contributed by atoms with Crippen molar-refractivity contribution in [2.45, 2.75) is 52.1 Å². The van der Waals surface area contributed by atoms with E-state index in [4.69, 9.17) is 9.47 Å². The average Bonchev–Trinajstić information content (AvgIpc) is 3.26. The van der Waals surface area contributed by atoms with Crippen LogP contribution in [0.1, 0.15) is 66.7 Å². The van der Waals surface area contributed by atoms with Gasteiger partial charge >= 0.3 is 11.9 Å². The summed E-state index contributed by atoms with van der Waals surface area (Å²) in [5, 5.41) is 0. The summed E-state index contributed by atoms with van der Waals surface area (Å²) >= 11 is 0. The second-order valence-corrected chi connectivity index (χ2v) is 8.36. The molecule has 0 radical (unpaired) electrons. The van der Waals surface area contributed by atoms with E-state index in [-0.39, 0.29) is 24.7 Å². The lowest BCUT2D eigenvalue weighted by Gasteiger charge is -2.19. The van der Waals surface area contributed by atoms with Crippen LogP contribution >= 0.6 is 0 Å². The van der Waals surface area contributed by atoms with Gasteiger partial charge in [-0.2, -0.15) is 0 Å². The molecule has 0 bridgehead atoms. The predicted molar refractivity (Wildman–Crippen MR) is 128 cm³/mol. The van der Waals surface area contributed by atoms with Gasteiger partial charge in [0.15, 0.2) is 6.10 Å². The highest BCUT2D eigenvalue weighted by Crippen LogP contribution is 2.27. The third kappa shape index (κ3) is 6.31. The summed E-state index contributed by atoms with van der Waals surface area (Å²) in [6.45, 7) is 4.40. The number of anilines is 1. The van der Waals surface area contributed by atoms with Gasteiger partial charge in [0.1, 0.15) is 0 Å². The number of benzene rings is 2. The van der Waals surface area contributed by atoms with Crippen molar-refractivity contribution >= 4 is 29.3 Å². The van der Waals surface area contributed by atoms with Crippen molar-refractivity contribution in [2.75, 3.05) is 18.1 Å². The lowest BCUT2D eigenvalue weighted by Crippen LogP contribution is -2.31. The summed E-state index contributed by atoms with van der Waals surface area (Å²) < 4.78 is 10.8. The van der Waals surface area contributed by atoms with Crippen LogP contribution in [0.5, 0.6) is 0 Å². The fourth-order valence-corrected chi connectivity index (χ4v) is 3.84. The van der Waals surface area contributed by atoms with E-state index in [1.54, 1.807) is 55.5 Å². The van der Waals surface area contributed by atoms with Crippen LogP contribution in [0.4, 0.5) is 5.69 Å². The number of amides is 1. The second kappa shape index (κ2) is 12.1. The number of ketones is 1. The van der Waals surface area contributed by atoms with Crippen LogP contribution in [0.25, 0.3) is 0 Å². The Morgan fingerprint density at radius 1 is 0.971 bits per heavy atom. The number of hydrogen-bond donors (Lipinski definition) is 0. The Balaban J connectivity index is 1.58. The van der Waals surface area contributed by atoms with Gasteiger partial charge in [0.25, 0.3) is 0 Å². The molecule has 1 aliphatic heterocycles. The number of hydrogen-bond acceptors (Lipinski definition) is 6. The largest absolute Gasteiger partial charge is 0.462 e. The minimum Gasteiger partial charge on any atom is -0.462 e. The third-order valence-electron chi connectivity index (χ3n) is 5.83. The summed E-state index contributed by atoms with van der Waals surface area (Å²) in [5.74, 6) is -2.08. The molecule has 1 saturated heterocycles. The lowest BCUT2D eigenvalue weighted by atomic mass is 10.0. The molecule has 0 saturated carbocycles. The fraction of sp³-hybridized carbons (Fsp3) is 0.407. The van der Waals surface area contributed by atoms with Gasteiger partial charge in [-0.05, 0) is 37.1 Å². The molecule has 2 atom stereocenters. The molecular formula is C27H31NO6. The minimum atomic E-state index is -0.887. The highest BCUT2D eigenvalue weighted by atomic mass is 16.5. The Bertz CT molecular complexity index is 1000. The van der Waals surface area contributed by atoms with E-state index in [2.05, 4.69) is 6.92 Å². The van der Waals surface area contributed by atoms with E-state index < -0.39 is 24.0 Å². The van der Waals surface area contributed by atoms with E-state index in [0.717, 1.165) is 19.3 Å². The van der Waals surface area contributed by atoms with Gasteiger partial charge in [-0.3, -0.25) is 14.4 Å². The number of nitrogens with zero attached hydrogens (tertiary/aromatic N) is 1. The summed E-state index contributed by atoms with van der Waals surface area (Å²) in [7, 11) is 0. The number of carbonyl (C=O) groups excluding carboxylic acids is 4. The summed E-state index contributed by atoms with van der Waals surface area (Å²) in [4.78, 5) is 51.6. The van der Waals surface area contributed by atoms with Crippen LogP contribution in [0.15, 0.2) is 54.6 Å². The lowest BCUT2D eigenvalue weighted by molar-refractivity contribution is -0.151. The van der Waals surface area contributed by atoms with Crippen molar-refractivity contribution in [1.82, 2.24) is 0 Å². The normalized spacial score (nSPS) is 16.2. The maximum absolute atomic E-state index is 12.7. The third-order valence-corrected chi connectivity index (χ3v) is 5.83. The highest BCUT2D eigenvalue weighted by Gasteiger charge is 2.37. The molecule has 3 rings (SSSR count). The molecule has 7 nitrogen and oxygen atoms in total. The Hall–Kier alpha value is -3.48. The number of carbonyl (C=O) groups is 4. The predicted octanol–water partition coefficient (Wildman–Crippen LogP) is 4.59. The Labute approximate surface area is 200 Å². The molecule has 1 amide bonds. The molecule has 1 fully saturated rings. The molecule has 0 unspecified atom stereocenters. The van der Waals surface area contributed by atoms with Crippen LogP contribution < -0.4 is 4.90 Å². The van der Waals surface area contributed by atoms with Crippen molar-refractivity contribution in [3.05, 3.63) is 65.7 Å². The van der Waals surface area contributed by atoms with Crippen LogP contribution in [-0.4, -0.2) is 42.9 Å². The number of esters is 2. The first-order chi connectivity index (χ1) is 16.4. The molecule has 1 heterocycles. The van der Waals surface area contributed by atoms with Crippen molar-refractivity contribution in [3.63, 3.8) is 0 Å². The first-order valence-corrected chi connectivity index (χ1v) is 11.8. The topological polar surface area (TPSA) is 90.0 Å². The summed E-state index contributed by atoms with van der Waals surface area (Å²) in [5.41, 5.74) is 1.48. The first kappa shape index (κ1) is 25.1. The van der Waals surface area contributed by atoms with Gasteiger partial charge in [-0.15, -0.1) is 0 Å². The quantitative estimate of drug-likeness (QED) is 0.274. The molecule has 180 valence electrons. The van der Waals surface area contributed by atoms with Crippen molar-refractivity contribution in [1.29, 1.82) is 0 Å². The molecule has 1 aliphatic rings. The van der Waals surface area contributed by atoms with Gasteiger partial charge < -0.3 is 14.4 Å². The SMILES string of the molecule is CCCCCOC(=O)c1ccc(N2C[C@@H](C(=O)O[C@@H](CC)C(=O)c3ccccc3)CC2=O)cc1. The maximum atomic E-state index is 12.7. The second-order valence-electron chi connectivity index (χ2n) is 8.36. The van der Waals surface area contributed by atoms with E-state index in [9.17, 15) is 19.2 Å².